The molecule has 0 radical (unpaired) electrons. The van der Waals surface area contributed by atoms with Gasteiger partial charge in [0.2, 0.25) is 0 Å². The van der Waals surface area contributed by atoms with E-state index < -0.39 is 0 Å². The molecule has 1 aromatic carbocycles. The maximum atomic E-state index is 5.86. The molecule has 1 saturated heterocycles. The molecule has 1 aliphatic rings. The van der Waals surface area contributed by atoms with Crippen molar-refractivity contribution in [2.75, 3.05) is 6.54 Å². The van der Waals surface area contributed by atoms with Gasteiger partial charge in [-0.2, -0.15) is 0 Å². The van der Waals surface area contributed by atoms with Crippen LogP contribution in [0.5, 0.6) is 0 Å². The second kappa shape index (κ2) is 5.12. The fourth-order valence-electron chi connectivity index (χ4n) is 2.27. The lowest BCUT2D eigenvalue weighted by Crippen LogP contribution is -2.11. The minimum atomic E-state index is 0.344. The molecule has 1 atom stereocenters. The lowest BCUT2D eigenvalue weighted by Gasteiger charge is -2.04. The van der Waals surface area contributed by atoms with E-state index >= 15 is 0 Å². The predicted octanol–water partition coefficient (Wildman–Crippen LogP) is 3.34. The number of nitrogens with one attached hydrogen (secondary N) is 1. The molecule has 0 amide bonds. The molecule has 3 nitrogen and oxygen atoms in total. The van der Waals surface area contributed by atoms with E-state index in [9.17, 15) is 0 Å². The molecule has 18 heavy (non-hydrogen) atoms. The van der Waals surface area contributed by atoms with Crippen LogP contribution in [0.2, 0.25) is 5.02 Å². The average Bonchev–Trinajstić information content (AvgIpc) is 3.02. The van der Waals surface area contributed by atoms with E-state index in [1.807, 2.05) is 30.5 Å². The Hall–Kier alpha value is -1.32. The summed E-state index contributed by atoms with van der Waals surface area (Å²) in [5.41, 5.74) is 1.16. The standard InChI is InChI=1S/C14H15ClN2O/c15-11-5-3-10(4-6-11)8-14-17-9-13(18-14)12-2-1-7-16-12/h3-6,9,12,16H,1-2,7-8H2. The molecule has 1 aliphatic heterocycles. The summed E-state index contributed by atoms with van der Waals surface area (Å²) >= 11 is 5.86. The van der Waals surface area contributed by atoms with E-state index in [1.165, 1.54) is 6.42 Å². The second-order valence-electron chi connectivity index (χ2n) is 4.61. The van der Waals surface area contributed by atoms with Crippen molar-refractivity contribution >= 4 is 11.6 Å². The van der Waals surface area contributed by atoms with Crippen molar-refractivity contribution in [3.05, 3.63) is 52.7 Å². The van der Waals surface area contributed by atoms with Crippen molar-refractivity contribution in [1.29, 1.82) is 0 Å². The number of halogens is 1. The van der Waals surface area contributed by atoms with Gasteiger partial charge in [0.05, 0.1) is 12.2 Å². The van der Waals surface area contributed by atoms with Crippen molar-refractivity contribution in [3.63, 3.8) is 0 Å². The van der Waals surface area contributed by atoms with Gasteiger partial charge >= 0.3 is 0 Å². The summed E-state index contributed by atoms with van der Waals surface area (Å²) in [6, 6.07) is 8.12. The molecule has 2 aromatic rings. The molecular formula is C14H15ClN2O. The van der Waals surface area contributed by atoms with Crippen LogP contribution in [0, 0.1) is 0 Å². The summed E-state index contributed by atoms with van der Waals surface area (Å²) in [6.07, 6.45) is 4.89. The van der Waals surface area contributed by atoms with E-state index in [0.717, 1.165) is 35.2 Å². The molecule has 94 valence electrons. The third kappa shape index (κ3) is 2.57. The largest absolute Gasteiger partial charge is 0.444 e. The zero-order chi connectivity index (χ0) is 12.4. The number of nitrogens with zero attached hydrogens (tertiary/aromatic N) is 1. The molecule has 0 saturated carbocycles. The molecule has 0 bridgehead atoms. The minimum Gasteiger partial charge on any atom is -0.444 e. The number of aromatic nitrogens is 1. The van der Waals surface area contributed by atoms with Crippen molar-refractivity contribution < 1.29 is 4.42 Å². The molecule has 1 fully saturated rings. The van der Waals surface area contributed by atoms with Crippen LogP contribution >= 0.6 is 11.6 Å². The van der Waals surface area contributed by atoms with E-state index in [0.29, 0.717) is 12.5 Å². The van der Waals surface area contributed by atoms with E-state index in [1.54, 1.807) is 0 Å². The summed E-state index contributed by atoms with van der Waals surface area (Å²) in [6.45, 7) is 1.07. The number of oxazole rings is 1. The zero-order valence-corrected chi connectivity index (χ0v) is 10.8. The van der Waals surface area contributed by atoms with Crippen LogP contribution in [0.15, 0.2) is 34.9 Å². The minimum absolute atomic E-state index is 0.344. The number of benzene rings is 1. The highest BCUT2D eigenvalue weighted by atomic mass is 35.5. The van der Waals surface area contributed by atoms with Crippen LogP contribution in [-0.2, 0) is 6.42 Å². The van der Waals surface area contributed by atoms with Gasteiger partial charge in [0.15, 0.2) is 5.89 Å². The molecular weight excluding hydrogens is 248 g/mol. The molecule has 3 rings (SSSR count). The molecule has 1 unspecified atom stereocenters. The Bertz CT molecular complexity index is 515. The highest BCUT2D eigenvalue weighted by Crippen LogP contribution is 2.24. The molecule has 2 heterocycles. The highest BCUT2D eigenvalue weighted by molar-refractivity contribution is 6.30. The van der Waals surface area contributed by atoms with Gasteiger partial charge in [0.1, 0.15) is 5.76 Å². The fourth-order valence-corrected chi connectivity index (χ4v) is 2.40. The third-order valence-corrected chi connectivity index (χ3v) is 3.50. The van der Waals surface area contributed by atoms with E-state index in [-0.39, 0.29) is 0 Å². The van der Waals surface area contributed by atoms with Gasteiger partial charge in [-0.25, -0.2) is 4.98 Å². The van der Waals surface area contributed by atoms with E-state index in [4.69, 9.17) is 16.0 Å². The van der Waals surface area contributed by atoms with Gasteiger partial charge in [-0.15, -0.1) is 0 Å². The maximum Gasteiger partial charge on any atom is 0.198 e. The van der Waals surface area contributed by atoms with Crippen molar-refractivity contribution in [1.82, 2.24) is 10.3 Å². The van der Waals surface area contributed by atoms with Crippen LogP contribution in [-0.4, -0.2) is 11.5 Å². The highest BCUT2D eigenvalue weighted by Gasteiger charge is 2.20. The topological polar surface area (TPSA) is 38.1 Å². The third-order valence-electron chi connectivity index (χ3n) is 3.24. The van der Waals surface area contributed by atoms with Crippen LogP contribution < -0.4 is 5.32 Å². The van der Waals surface area contributed by atoms with E-state index in [2.05, 4.69) is 10.3 Å². The first-order valence-corrected chi connectivity index (χ1v) is 6.61. The lowest BCUT2D eigenvalue weighted by molar-refractivity contribution is 0.417. The average molecular weight is 263 g/mol. The molecule has 0 spiro atoms. The first-order chi connectivity index (χ1) is 8.81. The van der Waals surface area contributed by atoms with Crippen molar-refractivity contribution in [2.24, 2.45) is 0 Å². The predicted molar refractivity (Wildman–Crippen MR) is 70.7 cm³/mol. The smallest absolute Gasteiger partial charge is 0.198 e. The SMILES string of the molecule is Clc1ccc(Cc2ncc(C3CCCN3)o2)cc1. The first-order valence-electron chi connectivity index (χ1n) is 6.24. The number of hydrogen-bond acceptors (Lipinski definition) is 3. The van der Waals surface area contributed by atoms with Crippen molar-refractivity contribution in [2.45, 2.75) is 25.3 Å². The summed E-state index contributed by atoms with van der Waals surface area (Å²) in [4.78, 5) is 4.34. The van der Waals surface area contributed by atoms with Crippen LogP contribution in [0.3, 0.4) is 0 Å². The summed E-state index contributed by atoms with van der Waals surface area (Å²) in [7, 11) is 0. The summed E-state index contributed by atoms with van der Waals surface area (Å²) < 4.78 is 5.80. The van der Waals surface area contributed by atoms with Gasteiger partial charge < -0.3 is 9.73 Å². The van der Waals surface area contributed by atoms with Gasteiger partial charge in [-0.3, -0.25) is 0 Å². The molecule has 1 aromatic heterocycles. The van der Waals surface area contributed by atoms with Gasteiger partial charge in [-0.1, -0.05) is 23.7 Å². The van der Waals surface area contributed by atoms with Gasteiger partial charge in [0, 0.05) is 11.4 Å². The fraction of sp³-hybridized carbons (Fsp3) is 0.357. The quantitative estimate of drug-likeness (QED) is 0.922. The molecule has 0 aliphatic carbocycles. The number of hydrogen-bond donors (Lipinski definition) is 1. The zero-order valence-electron chi connectivity index (χ0n) is 10.0. The Morgan fingerprint density at radius 1 is 1.33 bits per heavy atom. The maximum absolute atomic E-state index is 5.86. The Labute approximate surface area is 111 Å². The Morgan fingerprint density at radius 2 is 2.17 bits per heavy atom. The van der Waals surface area contributed by atoms with Gasteiger partial charge in [-0.05, 0) is 37.1 Å². The normalized spacial score (nSPS) is 19.3. The molecule has 4 heteroatoms. The van der Waals surface area contributed by atoms with Crippen molar-refractivity contribution in [3.8, 4) is 0 Å². The van der Waals surface area contributed by atoms with Crippen LogP contribution in [0.25, 0.3) is 0 Å². The van der Waals surface area contributed by atoms with Gasteiger partial charge in [0.25, 0.3) is 0 Å². The Kier molecular flexibility index (Phi) is 3.35. The Balaban J connectivity index is 1.71. The monoisotopic (exact) mass is 262 g/mol. The first kappa shape index (κ1) is 11.8. The van der Waals surface area contributed by atoms with Crippen LogP contribution in [0.4, 0.5) is 0 Å². The number of rotatable bonds is 3. The Morgan fingerprint density at radius 3 is 2.89 bits per heavy atom. The lowest BCUT2D eigenvalue weighted by atomic mass is 10.1. The molecule has 1 N–H and O–H groups in total. The summed E-state index contributed by atoms with van der Waals surface area (Å²) in [5.74, 6) is 1.72. The summed E-state index contributed by atoms with van der Waals surface area (Å²) in [5, 5.41) is 4.16. The van der Waals surface area contributed by atoms with Crippen LogP contribution in [0.1, 0.15) is 36.1 Å². The second-order valence-corrected chi connectivity index (χ2v) is 5.04.